The maximum absolute atomic E-state index is 12.2. The fourth-order valence-corrected chi connectivity index (χ4v) is 3.13. The summed E-state index contributed by atoms with van der Waals surface area (Å²) in [5.41, 5.74) is 0.00369. The topological polar surface area (TPSA) is 99.3 Å². The Morgan fingerprint density at radius 3 is 2.85 bits per heavy atom. The summed E-state index contributed by atoms with van der Waals surface area (Å²) in [6.07, 6.45) is 1.13. The lowest BCUT2D eigenvalue weighted by Crippen LogP contribution is -2.49. The first-order chi connectivity index (χ1) is 12.6. The Balaban J connectivity index is 1.42. The smallest absolute Gasteiger partial charge is 0.409 e. The van der Waals surface area contributed by atoms with Gasteiger partial charge in [-0.3, -0.25) is 15.0 Å². The highest BCUT2D eigenvalue weighted by atomic mass is 16.6. The molecular formula is C16H24N4O6. The molecule has 3 heterocycles. The Morgan fingerprint density at radius 2 is 2.15 bits per heavy atom. The molecule has 10 heteroatoms. The van der Waals surface area contributed by atoms with Gasteiger partial charge in [-0.05, 0) is 0 Å². The highest BCUT2D eigenvalue weighted by Crippen LogP contribution is 2.27. The van der Waals surface area contributed by atoms with Gasteiger partial charge in [-0.25, -0.2) is 4.79 Å². The van der Waals surface area contributed by atoms with Gasteiger partial charge in [0.2, 0.25) is 5.88 Å². The zero-order chi connectivity index (χ0) is 18.5. The first kappa shape index (κ1) is 18.5. The van der Waals surface area contributed by atoms with Gasteiger partial charge in [-0.1, -0.05) is 0 Å². The number of hydrogen-bond acceptors (Lipinski definition) is 7. The van der Waals surface area contributed by atoms with Crippen LogP contribution in [-0.2, 0) is 16.0 Å². The molecule has 0 N–H and O–H groups in total. The van der Waals surface area contributed by atoms with Crippen LogP contribution in [-0.4, -0.2) is 85.0 Å². The number of methoxy groups -OCH3 is 1. The molecule has 1 atom stereocenters. The number of ether oxygens (including phenoxy) is 3. The molecule has 1 amide bonds. The third-order valence-corrected chi connectivity index (χ3v) is 4.66. The first-order valence-electron chi connectivity index (χ1n) is 8.67. The van der Waals surface area contributed by atoms with E-state index < -0.39 is 4.92 Å². The monoisotopic (exact) mass is 368 g/mol. The summed E-state index contributed by atoms with van der Waals surface area (Å²) in [6.45, 7) is 5.57. The van der Waals surface area contributed by atoms with Crippen LogP contribution in [0.3, 0.4) is 0 Å². The van der Waals surface area contributed by atoms with Crippen LogP contribution in [0.2, 0.25) is 0 Å². The number of amides is 1. The Labute approximate surface area is 151 Å². The van der Waals surface area contributed by atoms with E-state index in [1.54, 1.807) is 16.6 Å². The van der Waals surface area contributed by atoms with Gasteiger partial charge in [0.1, 0.15) is 6.61 Å². The van der Waals surface area contributed by atoms with Crippen LogP contribution in [0.5, 0.6) is 5.88 Å². The largest absolute Gasteiger partial charge is 0.478 e. The molecule has 3 rings (SSSR count). The Bertz CT molecular complexity index is 641. The van der Waals surface area contributed by atoms with Crippen LogP contribution in [0.25, 0.3) is 0 Å². The van der Waals surface area contributed by atoms with Crippen LogP contribution in [0.15, 0.2) is 12.3 Å². The van der Waals surface area contributed by atoms with Crippen LogP contribution in [0, 0.1) is 16.0 Å². The quantitative estimate of drug-likeness (QED) is 0.541. The normalized spacial score (nSPS) is 20.3. The van der Waals surface area contributed by atoms with E-state index >= 15 is 0 Å². The minimum absolute atomic E-state index is 0.00369. The van der Waals surface area contributed by atoms with Crippen molar-refractivity contribution in [2.75, 3.05) is 59.7 Å². The predicted octanol–water partition coefficient (Wildman–Crippen LogP) is 0.805. The van der Waals surface area contributed by atoms with Gasteiger partial charge in [-0.2, -0.15) is 0 Å². The number of fused-ring (bicyclic) bond motifs is 1. The van der Waals surface area contributed by atoms with E-state index in [1.165, 1.54) is 12.3 Å². The third kappa shape index (κ3) is 4.44. The van der Waals surface area contributed by atoms with Crippen LogP contribution in [0.4, 0.5) is 10.5 Å². The van der Waals surface area contributed by atoms with E-state index in [0.717, 1.165) is 19.6 Å². The molecule has 26 heavy (non-hydrogen) atoms. The lowest BCUT2D eigenvalue weighted by Gasteiger charge is -2.34. The van der Waals surface area contributed by atoms with Gasteiger partial charge < -0.3 is 23.7 Å². The number of carbonyl (C=O) groups is 1. The first-order valence-corrected chi connectivity index (χ1v) is 8.67. The van der Waals surface area contributed by atoms with Gasteiger partial charge in [0.15, 0.2) is 0 Å². The highest BCUT2D eigenvalue weighted by Gasteiger charge is 2.26. The predicted molar refractivity (Wildman–Crippen MR) is 91.3 cm³/mol. The molecule has 0 saturated carbocycles. The number of piperazine rings is 1. The maximum Gasteiger partial charge on any atom is 0.409 e. The molecule has 2 aliphatic rings. The van der Waals surface area contributed by atoms with Crippen molar-refractivity contribution >= 4 is 11.8 Å². The van der Waals surface area contributed by atoms with Crippen molar-refractivity contribution in [3.63, 3.8) is 0 Å². The second kappa shape index (κ2) is 8.37. The van der Waals surface area contributed by atoms with Crippen LogP contribution in [0.1, 0.15) is 0 Å². The van der Waals surface area contributed by atoms with Crippen molar-refractivity contribution in [3.8, 4) is 5.88 Å². The van der Waals surface area contributed by atoms with E-state index in [4.69, 9.17) is 14.2 Å². The number of aromatic nitrogens is 1. The minimum Gasteiger partial charge on any atom is -0.478 e. The summed E-state index contributed by atoms with van der Waals surface area (Å²) >= 11 is 0. The van der Waals surface area contributed by atoms with Crippen molar-refractivity contribution in [1.29, 1.82) is 0 Å². The Kier molecular flexibility index (Phi) is 5.94. The van der Waals surface area contributed by atoms with Crippen LogP contribution >= 0.6 is 0 Å². The van der Waals surface area contributed by atoms with Crippen LogP contribution < -0.4 is 4.74 Å². The summed E-state index contributed by atoms with van der Waals surface area (Å²) in [6, 6.07) is 1.41. The number of nitro groups is 1. The molecule has 0 radical (unpaired) electrons. The van der Waals surface area contributed by atoms with Crippen molar-refractivity contribution in [2.45, 2.75) is 6.54 Å². The van der Waals surface area contributed by atoms with Crippen molar-refractivity contribution < 1.29 is 23.9 Å². The summed E-state index contributed by atoms with van der Waals surface area (Å²) in [4.78, 5) is 26.6. The summed E-state index contributed by atoms with van der Waals surface area (Å²) in [7, 11) is 1.68. The van der Waals surface area contributed by atoms with E-state index in [0.29, 0.717) is 38.7 Å². The van der Waals surface area contributed by atoms with Gasteiger partial charge >= 0.3 is 6.09 Å². The van der Waals surface area contributed by atoms with Gasteiger partial charge in [0.25, 0.3) is 5.69 Å². The number of rotatable bonds is 6. The van der Waals surface area contributed by atoms with Gasteiger partial charge in [-0.15, -0.1) is 0 Å². The third-order valence-electron chi connectivity index (χ3n) is 4.66. The maximum atomic E-state index is 12.2. The lowest BCUT2D eigenvalue weighted by atomic mass is 10.1. The average Bonchev–Trinajstić information content (AvgIpc) is 3.08. The lowest BCUT2D eigenvalue weighted by molar-refractivity contribution is -0.384. The van der Waals surface area contributed by atoms with E-state index in [-0.39, 0.29) is 24.3 Å². The molecule has 0 bridgehead atoms. The molecule has 0 aromatic carbocycles. The fraction of sp³-hybridized carbons (Fsp3) is 0.688. The second-order valence-electron chi connectivity index (χ2n) is 6.52. The molecule has 1 fully saturated rings. The Hall–Kier alpha value is -2.33. The molecule has 0 unspecified atom stereocenters. The fourth-order valence-electron chi connectivity index (χ4n) is 3.13. The number of hydrogen-bond donors (Lipinski definition) is 0. The molecule has 1 saturated heterocycles. The SMILES string of the molecule is COCCN1CCN(C(=O)OC[C@@H]2COc3cc([N+](=O)[O-])cn3C2)CC1. The molecular weight excluding hydrogens is 344 g/mol. The molecule has 0 aliphatic carbocycles. The van der Waals surface area contributed by atoms with E-state index in [1.807, 2.05) is 0 Å². The molecule has 2 aliphatic heterocycles. The molecule has 144 valence electrons. The van der Waals surface area contributed by atoms with Crippen molar-refractivity contribution in [1.82, 2.24) is 14.4 Å². The average molecular weight is 368 g/mol. The molecule has 1 aromatic rings. The summed E-state index contributed by atoms with van der Waals surface area (Å²) < 4.78 is 17.7. The summed E-state index contributed by atoms with van der Waals surface area (Å²) in [5, 5.41) is 10.8. The van der Waals surface area contributed by atoms with Gasteiger partial charge in [0.05, 0.1) is 30.4 Å². The van der Waals surface area contributed by atoms with Crippen molar-refractivity contribution in [2.24, 2.45) is 5.92 Å². The highest BCUT2D eigenvalue weighted by molar-refractivity contribution is 5.67. The molecule has 10 nitrogen and oxygen atoms in total. The molecule has 0 spiro atoms. The number of nitrogens with zero attached hydrogens (tertiary/aromatic N) is 4. The summed E-state index contributed by atoms with van der Waals surface area (Å²) in [5.74, 6) is 0.452. The zero-order valence-electron chi connectivity index (χ0n) is 14.8. The minimum atomic E-state index is -0.448. The van der Waals surface area contributed by atoms with E-state index in [9.17, 15) is 14.9 Å². The van der Waals surface area contributed by atoms with E-state index in [2.05, 4.69) is 4.90 Å². The zero-order valence-corrected chi connectivity index (χ0v) is 14.8. The van der Waals surface area contributed by atoms with Gasteiger partial charge in [0, 0.05) is 52.3 Å². The number of carbonyl (C=O) groups excluding carboxylic acids is 1. The second-order valence-corrected chi connectivity index (χ2v) is 6.52. The Morgan fingerprint density at radius 1 is 1.38 bits per heavy atom. The standard InChI is InChI=1S/C16H24N4O6/c1-24-7-6-17-2-4-18(5-3-17)16(21)26-12-13-9-19-10-14(20(22)23)8-15(19)25-11-13/h8,10,13H,2-7,9,11-12H2,1H3/t13-/m0/s1. The van der Waals surface area contributed by atoms with Crippen molar-refractivity contribution in [3.05, 3.63) is 22.4 Å². The molecule has 1 aromatic heterocycles.